The number of carbonyl (C=O) groups excluding carboxylic acids is 1. The average molecular weight is 337 g/mol. The summed E-state index contributed by atoms with van der Waals surface area (Å²) in [4.78, 5) is 21.4. The number of fused-ring (bicyclic) bond motifs is 1. The van der Waals surface area contributed by atoms with Gasteiger partial charge in [-0.1, -0.05) is 32.0 Å². The van der Waals surface area contributed by atoms with Gasteiger partial charge in [0.25, 0.3) is 0 Å². The molecule has 0 unspecified atom stereocenters. The molecule has 132 valence electrons. The second kappa shape index (κ2) is 8.26. The van der Waals surface area contributed by atoms with Crippen molar-refractivity contribution in [3.8, 4) is 0 Å². The largest absolute Gasteiger partial charge is 0.339 e. The Morgan fingerprint density at radius 3 is 2.64 bits per heavy atom. The van der Waals surface area contributed by atoms with Gasteiger partial charge >= 0.3 is 0 Å². The third kappa shape index (κ3) is 4.07. The molecule has 0 spiro atoms. The summed E-state index contributed by atoms with van der Waals surface area (Å²) in [6, 6.07) is 10.6. The van der Waals surface area contributed by atoms with Crippen molar-refractivity contribution < 1.29 is 4.79 Å². The summed E-state index contributed by atoms with van der Waals surface area (Å²) < 4.78 is 0. The molecule has 1 aliphatic heterocycles. The van der Waals surface area contributed by atoms with E-state index in [1.807, 2.05) is 41.3 Å². The first-order valence-corrected chi connectivity index (χ1v) is 9.27. The third-order valence-corrected chi connectivity index (χ3v) is 5.19. The molecule has 0 bridgehead atoms. The second-order valence-electron chi connectivity index (χ2n) is 6.53. The smallest absolute Gasteiger partial charge is 0.246 e. The normalized spacial score (nSPS) is 16.2. The quantitative estimate of drug-likeness (QED) is 0.783. The van der Waals surface area contributed by atoms with Gasteiger partial charge in [0.2, 0.25) is 5.91 Å². The third-order valence-electron chi connectivity index (χ3n) is 5.19. The highest BCUT2D eigenvalue weighted by Gasteiger charge is 2.24. The van der Waals surface area contributed by atoms with Crippen LogP contribution >= 0.6 is 0 Å². The van der Waals surface area contributed by atoms with Gasteiger partial charge in [0.15, 0.2) is 0 Å². The van der Waals surface area contributed by atoms with E-state index in [4.69, 9.17) is 0 Å². The van der Waals surface area contributed by atoms with Gasteiger partial charge < -0.3 is 9.80 Å². The summed E-state index contributed by atoms with van der Waals surface area (Å²) in [5.41, 5.74) is 1.99. The monoisotopic (exact) mass is 337 g/mol. The molecule has 2 aromatic rings. The molecule has 0 saturated carbocycles. The standard InChI is InChI=1S/C21H27N3O/c1-3-23(4-2)18-12-15-24(16-13-18)21(25)10-9-17-11-14-22-20-8-6-5-7-19(17)20/h5-11,14,18H,3-4,12-13,15-16H2,1-2H3/b10-9+. The number of aromatic nitrogens is 1. The van der Waals surface area contributed by atoms with Crippen LogP contribution in [0.5, 0.6) is 0 Å². The van der Waals surface area contributed by atoms with Gasteiger partial charge in [0.05, 0.1) is 5.52 Å². The zero-order valence-corrected chi connectivity index (χ0v) is 15.2. The van der Waals surface area contributed by atoms with Crippen molar-refractivity contribution in [2.24, 2.45) is 0 Å². The topological polar surface area (TPSA) is 36.4 Å². The molecule has 1 aliphatic rings. The number of para-hydroxylation sites is 1. The van der Waals surface area contributed by atoms with Crippen molar-refractivity contribution >= 4 is 22.9 Å². The highest BCUT2D eigenvalue weighted by Crippen LogP contribution is 2.19. The van der Waals surface area contributed by atoms with Crippen LogP contribution in [0.1, 0.15) is 32.3 Å². The van der Waals surface area contributed by atoms with Crippen LogP contribution in [0.15, 0.2) is 42.6 Å². The summed E-state index contributed by atoms with van der Waals surface area (Å²) in [6.07, 6.45) is 7.56. The van der Waals surface area contributed by atoms with Crippen LogP contribution in [0.2, 0.25) is 0 Å². The predicted octanol–water partition coefficient (Wildman–Crippen LogP) is 3.58. The number of amides is 1. The number of rotatable bonds is 5. The summed E-state index contributed by atoms with van der Waals surface area (Å²) in [5, 5.41) is 1.08. The summed E-state index contributed by atoms with van der Waals surface area (Å²) in [7, 11) is 0. The molecule has 1 amide bonds. The average Bonchev–Trinajstić information content (AvgIpc) is 2.67. The minimum absolute atomic E-state index is 0.110. The number of nitrogens with zero attached hydrogens (tertiary/aromatic N) is 3. The molecule has 1 aromatic carbocycles. The summed E-state index contributed by atoms with van der Waals surface area (Å²) in [6.45, 7) is 8.29. The molecular weight excluding hydrogens is 310 g/mol. The fourth-order valence-electron chi connectivity index (χ4n) is 3.72. The lowest BCUT2D eigenvalue weighted by molar-refractivity contribution is -0.127. The van der Waals surface area contributed by atoms with E-state index < -0.39 is 0 Å². The fraction of sp³-hybridized carbons (Fsp3) is 0.429. The first-order valence-electron chi connectivity index (χ1n) is 9.27. The molecule has 0 aliphatic carbocycles. The molecule has 4 nitrogen and oxygen atoms in total. The van der Waals surface area contributed by atoms with Crippen molar-refractivity contribution in [2.45, 2.75) is 32.7 Å². The molecule has 25 heavy (non-hydrogen) atoms. The van der Waals surface area contributed by atoms with Gasteiger partial charge in [0.1, 0.15) is 0 Å². The Balaban J connectivity index is 1.64. The minimum atomic E-state index is 0.110. The van der Waals surface area contributed by atoms with Crippen LogP contribution in [-0.2, 0) is 4.79 Å². The van der Waals surface area contributed by atoms with Crippen LogP contribution < -0.4 is 0 Å². The molecule has 2 heterocycles. The van der Waals surface area contributed by atoms with Gasteiger partial charge in [-0.15, -0.1) is 0 Å². The van der Waals surface area contributed by atoms with E-state index in [1.54, 1.807) is 12.3 Å². The maximum absolute atomic E-state index is 12.5. The number of hydrogen-bond acceptors (Lipinski definition) is 3. The van der Waals surface area contributed by atoms with Crippen LogP contribution in [-0.4, -0.2) is 52.9 Å². The van der Waals surface area contributed by atoms with E-state index in [0.29, 0.717) is 6.04 Å². The van der Waals surface area contributed by atoms with Crippen LogP contribution in [0.3, 0.4) is 0 Å². The van der Waals surface area contributed by atoms with Crippen LogP contribution in [0.4, 0.5) is 0 Å². The van der Waals surface area contributed by atoms with Crippen molar-refractivity contribution in [3.05, 3.63) is 48.2 Å². The minimum Gasteiger partial charge on any atom is -0.339 e. The Morgan fingerprint density at radius 2 is 1.92 bits per heavy atom. The number of carbonyl (C=O) groups is 1. The first-order chi connectivity index (χ1) is 12.2. The molecular formula is C21H27N3O. The molecule has 1 saturated heterocycles. The Bertz CT molecular complexity index is 738. The predicted molar refractivity (Wildman–Crippen MR) is 103 cm³/mol. The van der Waals surface area contributed by atoms with Gasteiger partial charge in [-0.2, -0.15) is 0 Å². The highest BCUT2D eigenvalue weighted by atomic mass is 16.2. The SMILES string of the molecule is CCN(CC)C1CCN(C(=O)/C=C/c2ccnc3ccccc23)CC1. The molecule has 0 atom stereocenters. The van der Waals surface area contributed by atoms with Gasteiger partial charge in [0, 0.05) is 36.8 Å². The van der Waals surface area contributed by atoms with Crippen LogP contribution in [0, 0.1) is 0 Å². The molecule has 3 rings (SSSR count). The Kier molecular flexibility index (Phi) is 5.82. The van der Waals surface area contributed by atoms with Crippen molar-refractivity contribution in [1.82, 2.24) is 14.8 Å². The fourth-order valence-corrected chi connectivity index (χ4v) is 3.72. The molecule has 0 radical (unpaired) electrons. The maximum Gasteiger partial charge on any atom is 0.246 e. The Labute approximate surface area is 150 Å². The highest BCUT2D eigenvalue weighted by molar-refractivity contribution is 5.95. The summed E-state index contributed by atoms with van der Waals surface area (Å²) in [5.74, 6) is 0.110. The second-order valence-corrected chi connectivity index (χ2v) is 6.53. The Morgan fingerprint density at radius 1 is 1.20 bits per heavy atom. The van der Waals surface area contributed by atoms with E-state index in [1.165, 1.54) is 0 Å². The van der Waals surface area contributed by atoms with Gasteiger partial charge in [-0.25, -0.2) is 0 Å². The van der Waals surface area contributed by atoms with E-state index in [9.17, 15) is 4.79 Å². The first kappa shape index (κ1) is 17.6. The molecule has 1 fully saturated rings. The zero-order chi connectivity index (χ0) is 17.6. The lowest BCUT2D eigenvalue weighted by atomic mass is 10.0. The van der Waals surface area contributed by atoms with E-state index >= 15 is 0 Å². The molecule has 0 N–H and O–H groups in total. The Hall–Kier alpha value is -2.20. The van der Waals surface area contributed by atoms with E-state index in [0.717, 1.165) is 55.5 Å². The summed E-state index contributed by atoms with van der Waals surface area (Å²) >= 11 is 0. The number of likely N-dealkylation sites (tertiary alicyclic amines) is 1. The number of benzene rings is 1. The van der Waals surface area contributed by atoms with Gasteiger partial charge in [-0.05, 0) is 49.7 Å². The van der Waals surface area contributed by atoms with Gasteiger partial charge in [-0.3, -0.25) is 9.78 Å². The molecule has 4 heteroatoms. The maximum atomic E-state index is 12.5. The van der Waals surface area contributed by atoms with Crippen molar-refractivity contribution in [1.29, 1.82) is 0 Å². The van der Waals surface area contributed by atoms with E-state index in [2.05, 4.69) is 23.7 Å². The van der Waals surface area contributed by atoms with Crippen molar-refractivity contribution in [2.75, 3.05) is 26.2 Å². The number of hydrogen-bond donors (Lipinski definition) is 0. The van der Waals surface area contributed by atoms with E-state index in [-0.39, 0.29) is 5.91 Å². The zero-order valence-electron chi connectivity index (χ0n) is 15.2. The van der Waals surface area contributed by atoms with Crippen LogP contribution in [0.25, 0.3) is 17.0 Å². The number of piperidine rings is 1. The lowest BCUT2D eigenvalue weighted by Gasteiger charge is -2.37. The number of pyridine rings is 1. The molecule has 1 aromatic heterocycles. The lowest BCUT2D eigenvalue weighted by Crippen LogP contribution is -2.46. The van der Waals surface area contributed by atoms with Crippen molar-refractivity contribution in [3.63, 3.8) is 0 Å².